The fourth-order valence-corrected chi connectivity index (χ4v) is 1.68. The van der Waals surface area contributed by atoms with E-state index in [-0.39, 0.29) is 6.08 Å². The molecular formula is C13H11N3O2. The van der Waals surface area contributed by atoms with E-state index in [1.165, 1.54) is 6.26 Å². The molecule has 90 valence electrons. The van der Waals surface area contributed by atoms with Gasteiger partial charge < -0.3 is 14.9 Å². The topological polar surface area (TPSA) is 74.2 Å². The summed E-state index contributed by atoms with van der Waals surface area (Å²) in [6.45, 7) is 0.320. The molecule has 0 saturated carbocycles. The number of pyridine rings is 1. The molecule has 0 bridgehead atoms. The van der Waals surface area contributed by atoms with Crippen LogP contribution in [0.5, 0.6) is 11.8 Å². The Morgan fingerprint density at radius 3 is 2.94 bits per heavy atom. The molecule has 2 heterocycles. The second-order valence-corrected chi connectivity index (χ2v) is 3.74. The highest BCUT2D eigenvalue weighted by Gasteiger charge is 2.08. The van der Waals surface area contributed by atoms with Crippen LogP contribution in [0.15, 0.2) is 47.2 Å². The van der Waals surface area contributed by atoms with Crippen molar-refractivity contribution in [2.45, 2.75) is 6.54 Å². The molecule has 0 aliphatic heterocycles. The molecule has 0 fully saturated rings. The van der Waals surface area contributed by atoms with Gasteiger partial charge in [0, 0.05) is 18.1 Å². The first kappa shape index (κ1) is 10.7. The van der Waals surface area contributed by atoms with Gasteiger partial charge in [-0.25, -0.2) is 0 Å². The first-order valence-corrected chi connectivity index (χ1v) is 5.53. The van der Waals surface area contributed by atoms with Crippen LogP contribution < -0.4 is 10.5 Å². The summed E-state index contributed by atoms with van der Waals surface area (Å²) >= 11 is 0. The highest BCUT2D eigenvalue weighted by atomic mass is 16.6. The van der Waals surface area contributed by atoms with Crippen molar-refractivity contribution in [1.29, 1.82) is 0 Å². The van der Waals surface area contributed by atoms with E-state index in [0.717, 1.165) is 10.9 Å². The Hall–Kier alpha value is -2.40. The summed E-state index contributed by atoms with van der Waals surface area (Å²) in [6, 6.07) is 9.53. The van der Waals surface area contributed by atoms with Gasteiger partial charge >= 0.3 is 6.08 Å². The molecule has 0 unspecified atom stereocenters. The number of benzene rings is 1. The molecule has 3 rings (SSSR count). The third kappa shape index (κ3) is 1.91. The molecule has 0 radical (unpaired) electrons. The standard InChI is InChI=1S/C13H11N3O2/c14-7-10-8-17-13(16-10)18-11-5-1-3-9-4-2-6-15-12(9)11/h1-6,8H,7,14H2. The fraction of sp³-hybridized carbons (Fsp3) is 0.0769. The predicted molar refractivity (Wildman–Crippen MR) is 66.2 cm³/mol. The van der Waals surface area contributed by atoms with Gasteiger partial charge in [0.2, 0.25) is 0 Å². The van der Waals surface area contributed by atoms with Crippen LogP contribution in [0.1, 0.15) is 5.69 Å². The number of para-hydroxylation sites is 1. The maximum absolute atomic E-state index is 5.58. The number of fused-ring (bicyclic) bond motifs is 1. The number of oxazole rings is 1. The Balaban J connectivity index is 1.99. The minimum absolute atomic E-state index is 0.175. The summed E-state index contributed by atoms with van der Waals surface area (Å²) < 4.78 is 10.7. The van der Waals surface area contributed by atoms with Gasteiger partial charge in [0.05, 0.1) is 5.69 Å². The lowest BCUT2D eigenvalue weighted by molar-refractivity contribution is 0.333. The molecule has 0 spiro atoms. The number of rotatable bonds is 3. The van der Waals surface area contributed by atoms with Gasteiger partial charge in [-0.15, -0.1) is 0 Å². The lowest BCUT2D eigenvalue weighted by Gasteiger charge is -2.03. The van der Waals surface area contributed by atoms with Crippen molar-refractivity contribution in [3.63, 3.8) is 0 Å². The van der Waals surface area contributed by atoms with Gasteiger partial charge in [-0.05, 0) is 12.1 Å². The normalized spacial score (nSPS) is 10.7. The summed E-state index contributed by atoms with van der Waals surface area (Å²) in [5.74, 6) is 0.610. The van der Waals surface area contributed by atoms with Crippen LogP contribution in [0.2, 0.25) is 0 Å². The minimum Gasteiger partial charge on any atom is -0.417 e. The van der Waals surface area contributed by atoms with E-state index in [9.17, 15) is 0 Å². The minimum atomic E-state index is 0.175. The summed E-state index contributed by atoms with van der Waals surface area (Å²) in [6.07, 6.45) is 3.37. The van der Waals surface area contributed by atoms with Crippen LogP contribution in [-0.2, 0) is 6.54 Å². The summed E-state index contributed by atoms with van der Waals surface area (Å²) in [7, 11) is 0. The molecule has 2 N–H and O–H groups in total. The Morgan fingerprint density at radius 1 is 1.22 bits per heavy atom. The van der Waals surface area contributed by atoms with E-state index in [1.54, 1.807) is 6.20 Å². The number of ether oxygens (including phenoxy) is 1. The zero-order valence-electron chi connectivity index (χ0n) is 9.54. The Kier molecular flexibility index (Phi) is 2.66. The molecule has 0 amide bonds. The quantitative estimate of drug-likeness (QED) is 0.762. The molecule has 18 heavy (non-hydrogen) atoms. The van der Waals surface area contributed by atoms with Gasteiger partial charge in [0.1, 0.15) is 11.8 Å². The highest BCUT2D eigenvalue weighted by molar-refractivity contribution is 5.84. The monoisotopic (exact) mass is 241 g/mol. The lowest BCUT2D eigenvalue weighted by Crippen LogP contribution is -1.96. The predicted octanol–water partition coefficient (Wildman–Crippen LogP) is 2.47. The third-order valence-electron chi connectivity index (χ3n) is 2.53. The van der Waals surface area contributed by atoms with Gasteiger partial charge in [-0.3, -0.25) is 4.98 Å². The second-order valence-electron chi connectivity index (χ2n) is 3.74. The zero-order valence-corrected chi connectivity index (χ0v) is 9.54. The van der Waals surface area contributed by atoms with Gasteiger partial charge in [0.15, 0.2) is 5.75 Å². The van der Waals surface area contributed by atoms with E-state index in [0.29, 0.717) is 18.0 Å². The average Bonchev–Trinajstić information content (AvgIpc) is 2.87. The van der Waals surface area contributed by atoms with Gasteiger partial charge in [-0.2, -0.15) is 4.98 Å². The van der Waals surface area contributed by atoms with E-state index < -0.39 is 0 Å². The van der Waals surface area contributed by atoms with Crippen molar-refractivity contribution in [1.82, 2.24) is 9.97 Å². The highest BCUT2D eigenvalue weighted by Crippen LogP contribution is 2.27. The maximum Gasteiger partial charge on any atom is 0.399 e. The summed E-state index contributed by atoms with van der Waals surface area (Å²) in [5.41, 5.74) is 6.88. The molecule has 0 saturated heterocycles. The maximum atomic E-state index is 5.58. The van der Waals surface area contributed by atoms with Crippen LogP contribution in [0.3, 0.4) is 0 Å². The number of hydrogen-bond acceptors (Lipinski definition) is 5. The molecule has 5 nitrogen and oxygen atoms in total. The number of nitrogens with zero attached hydrogens (tertiary/aromatic N) is 2. The van der Waals surface area contributed by atoms with Crippen LogP contribution in [0, 0.1) is 0 Å². The first-order valence-electron chi connectivity index (χ1n) is 5.53. The van der Waals surface area contributed by atoms with E-state index >= 15 is 0 Å². The molecule has 0 aliphatic carbocycles. The molecule has 3 aromatic rings. The van der Waals surface area contributed by atoms with Crippen LogP contribution in [0.4, 0.5) is 0 Å². The lowest BCUT2D eigenvalue weighted by atomic mass is 10.2. The Labute approximate surface area is 103 Å². The van der Waals surface area contributed by atoms with E-state index in [1.807, 2.05) is 30.3 Å². The van der Waals surface area contributed by atoms with Crippen molar-refractivity contribution >= 4 is 10.9 Å². The number of hydrogen-bond donors (Lipinski definition) is 1. The number of aromatic nitrogens is 2. The molecular weight excluding hydrogens is 230 g/mol. The van der Waals surface area contributed by atoms with Crippen LogP contribution in [-0.4, -0.2) is 9.97 Å². The Morgan fingerprint density at radius 2 is 2.11 bits per heavy atom. The molecule has 0 atom stereocenters. The molecule has 0 aliphatic rings. The zero-order chi connectivity index (χ0) is 12.4. The van der Waals surface area contributed by atoms with E-state index in [2.05, 4.69) is 9.97 Å². The summed E-state index contributed by atoms with van der Waals surface area (Å²) in [4.78, 5) is 8.37. The first-order chi connectivity index (χ1) is 8.86. The summed E-state index contributed by atoms with van der Waals surface area (Å²) in [5, 5.41) is 1.00. The largest absolute Gasteiger partial charge is 0.417 e. The fourth-order valence-electron chi connectivity index (χ4n) is 1.68. The van der Waals surface area contributed by atoms with Crippen molar-refractivity contribution in [3.8, 4) is 11.8 Å². The SMILES string of the molecule is NCc1coc(Oc2cccc3cccnc23)n1. The van der Waals surface area contributed by atoms with Crippen molar-refractivity contribution in [2.24, 2.45) is 5.73 Å². The molecule has 5 heteroatoms. The van der Waals surface area contributed by atoms with Crippen molar-refractivity contribution in [3.05, 3.63) is 48.5 Å². The van der Waals surface area contributed by atoms with Crippen LogP contribution >= 0.6 is 0 Å². The average molecular weight is 241 g/mol. The molecule has 2 aromatic heterocycles. The van der Waals surface area contributed by atoms with Gasteiger partial charge in [0.25, 0.3) is 0 Å². The van der Waals surface area contributed by atoms with Gasteiger partial charge in [-0.1, -0.05) is 18.2 Å². The smallest absolute Gasteiger partial charge is 0.399 e. The van der Waals surface area contributed by atoms with E-state index in [4.69, 9.17) is 14.9 Å². The third-order valence-corrected chi connectivity index (χ3v) is 2.53. The second kappa shape index (κ2) is 4.46. The van der Waals surface area contributed by atoms with Crippen LogP contribution in [0.25, 0.3) is 10.9 Å². The number of nitrogens with two attached hydrogens (primary N) is 1. The molecule has 1 aromatic carbocycles. The van der Waals surface area contributed by atoms with Crippen molar-refractivity contribution < 1.29 is 9.15 Å². The van der Waals surface area contributed by atoms with Crippen molar-refractivity contribution in [2.75, 3.05) is 0 Å². The Bertz CT molecular complexity index is 673.